The molecule has 0 aromatic rings. The molecule has 12 N–H and O–H groups in total. The zero-order valence-corrected chi connectivity index (χ0v) is 79.9. The van der Waals surface area contributed by atoms with Crippen LogP contribution in [-0.2, 0) is 61.0 Å². The molecule has 0 aromatic carbocycles. The van der Waals surface area contributed by atoms with Crippen molar-refractivity contribution in [3.8, 4) is 0 Å². The van der Waals surface area contributed by atoms with E-state index in [2.05, 4.69) is 38.3 Å². The predicted molar refractivity (Wildman–Crippen MR) is 489 cm³/mol. The van der Waals surface area contributed by atoms with E-state index >= 15 is 0 Å². The van der Waals surface area contributed by atoms with Crippen LogP contribution in [-0.4, -0.2) is 173 Å². The van der Waals surface area contributed by atoms with Crippen molar-refractivity contribution < 1.29 is 111 Å². The van der Waals surface area contributed by atoms with E-state index in [1.165, 1.54) is 283 Å². The molecule has 2 saturated heterocycles. The normalized spacial score (nSPS) is 20.5. The molecular formula is C96H186N2O23P2. The first-order chi connectivity index (χ1) is 59.5. The highest BCUT2D eigenvalue weighted by Gasteiger charge is 2.52. The van der Waals surface area contributed by atoms with Crippen LogP contribution in [0.4, 0.5) is 0 Å². The largest absolute Gasteiger partial charge is 0.472 e. The highest BCUT2D eigenvalue weighted by molar-refractivity contribution is 7.46. The lowest BCUT2D eigenvalue weighted by Gasteiger charge is -2.45. The number of rotatable bonds is 88. The van der Waals surface area contributed by atoms with E-state index in [-0.39, 0.29) is 25.7 Å². The number of phosphoric acid groups is 2. The summed E-state index contributed by atoms with van der Waals surface area (Å²) < 4.78 is 64.4. The Hall–Kier alpha value is -2.26. The number of aliphatic hydroxyl groups is 6. The molecule has 2 amide bonds. The fourth-order valence-electron chi connectivity index (χ4n) is 17.3. The molecule has 2 unspecified atom stereocenters. The number of aliphatic hydroxyl groups excluding tert-OH is 6. The number of carbonyl (C=O) groups excluding carboxylic acids is 4. The molecule has 27 heteroatoms. The Balaban J connectivity index is 2.19. The van der Waals surface area contributed by atoms with E-state index in [1.54, 1.807) is 0 Å². The zero-order valence-electron chi connectivity index (χ0n) is 78.1. The van der Waals surface area contributed by atoms with E-state index in [0.717, 1.165) is 116 Å². The number of nitrogens with one attached hydrogen (secondary N) is 2. The van der Waals surface area contributed by atoms with Crippen molar-refractivity contribution in [1.29, 1.82) is 0 Å². The van der Waals surface area contributed by atoms with Gasteiger partial charge in [-0.3, -0.25) is 18.6 Å². The van der Waals surface area contributed by atoms with Gasteiger partial charge < -0.3 is 84.5 Å². The van der Waals surface area contributed by atoms with Crippen molar-refractivity contribution in [2.45, 2.75) is 576 Å². The minimum absolute atomic E-state index is 0.149. The number of esters is 2. The molecule has 0 radical (unpaired) electrons. The summed E-state index contributed by atoms with van der Waals surface area (Å²) in [5.41, 5.74) is 0. The Labute approximate surface area is 746 Å². The van der Waals surface area contributed by atoms with Crippen LogP contribution in [0.3, 0.4) is 0 Å². The van der Waals surface area contributed by atoms with Crippen molar-refractivity contribution in [2.24, 2.45) is 0 Å². The third-order valence-corrected chi connectivity index (χ3v) is 26.0. The topological polar surface area (TPSA) is 393 Å². The van der Waals surface area contributed by atoms with Gasteiger partial charge in [-0.15, -0.1) is 0 Å². The number of ether oxygens (including phenoxy) is 5. The summed E-state index contributed by atoms with van der Waals surface area (Å²) in [6.07, 6.45) is 55.2. The van der Waals surface area contributed by atoms with E-state index in [4.69, 9.17) is 32.7 Å². The molecule has 0 aromatic heterocycles. The number of hydrogen-bond donors (Lipinski definition) is 12. The maximum absolute atomic E-state index is 14.4. The second kappa shape index (κ2) is 78.4. The van der Waals surface area contributed by atoms with Gasteiger partial charge in [-0.1, -0.05) is 439 Å². The van der Waals surface area contributed by atoms with Gasteiger partial charge in [0.25, 0.3) is 0 Å². The average molecular weight is 1800 g/mol. The third-order valence-electron chi connectivity index (χ3n) is 25.0. The third kappa shape index (κ3) is 64.2. The quantitative estimate of drug-likeness (QED) is 0.0153. The molecule has 2 aliphatic rings. The van der Waals surface area contributed by atoms with Gasteiger partial charge in [0.1, 0.15) is 60.9 Å². The molecule has 0 aliphatic carbocycles. The Kier molecular flexibility index (Phi) is 74.5. The second-order valence-electron chi connectivity index (χ2n) is 36.5. The monoisotopic (exact) mass is 1800 g/mol. The summed E-state index contributed by atoms with van der Waals surface area (Å²) in [4.78, 5) is 96.1. The van der Waals surface area contributed by atoms with E-state index in [0.29, 0.717) is 25.7 Å². The molecule has 123 heavy (non-hydrogen) atoms. The molecule has 2 rings (SSSR count). The highest BCUT2D eigenvalue weighted by atomic mass is 31.2. The van der Waals surface area contributed by atoms with Crippen LogP contribution in [0.1, 0.15) is 490 Å². The molecule has 2 fully saturated rings. The first kappa shape index (κ1) is 117. The lowest BCUT2D eigenvalue weighted by molar-refractivity contribution is -0.294. The van der Waals surface area contributed by atoms with Crippen LogP contribution in [0.5, 0.6) is 0 Å². The van der Waals surface area contributed by atoms with Gasteiger partial charge in [0, 0.05) is 0 Å². The van der Waals surface area contributed by atoms with Crippen LogP contribution in [0.25, 0.3) is 0 Å². The fourth-order valence-corrected chi connectivity index (χ4v) is 18.3. The van der Waals surface area contributed by atoms with Crippen LogP contribution in [0.2, 0.25) is 0 Å². The smallest absolute Gasteiger partial charge is 0.460 e. The maximum atomic E-state index is 14.4. The molecule has 14 atom stereocenters. The molecule has 25 nitrogen and oxygen atoms in total. The number of carbonyl (C=O) groups is 4. The second-order valence-corrected chi connectivity index (χ2v) is 38.9. The summed E-state index contributed by atoms with van der Waals surface area (Å²) in [6, 6.07) is -3.73. The van der Waals surface area contributed by atoms with Crippen molar-refractivity contribution in [3.05, 3.63) is 0 Å². The van der Waals surface area contributed by atoms with Crippen molar-refractivity contribution in [1.82, 2.24) is 10.6 Å². The lowest BCUT2D eigenvalue weighted by atomic mass is 9.95. The number of amides is 2. The van der Waals surface area contributed by atoms with Crippen molar-refractivity contribution >= 4 is 39.4 Å². The Morgan fingerprint density at radius 1 is 0.317 bits per heavy atom. The summed E-state index contributed by atoms with van der Waals surface area (Å²) >= 11 is 0. The molecule has 0 spiro atoms. The van der Waals surface area contributed by atoms with E-state index < -0.39 is 151 Å². The number of unbranched alkanes of at least 4 members (excludes halogenated alkanes) is 62. The molecule has 0 saturated carbocycles. The predicted octanol–water partition coefficient (Wildman–Crippen LogP) is 21.8. The summed E-state index contributed by atoms with van der Waals surface area (Å²) in [5.74, 6) is -3.60. The minimum Gasteiger partial charge on any atom is -0.460 e. The average Bonchev–Trinajstić information content (AvgIpc) is 0.786. The molecule has 0 bridgehead atoms. The van der Waals surface area contributed by atoms with Crippen molar-refractivity contribution in [3.63, 3.8) is 0 Å². The van der Waals surface area contributed by atoms with E-state index in [1.807, 2.05) is 0 Å². The van der Waals surface area contributed by atoms with E-state index in [9.17, 15) is 78.5 Å². The Morgan fingerprint density at radius 3 is 0.805 bits per heavy atom. The SMILES string of the molecule is CCCCCCCCCCCCCCCCCCCCCCC(O)C(=O)O[C@H](CCCCCCCCCCCCCCC)CC(=O)N[C@H]1[C@H](OC[C@H]2O[C@H](OP(=O)(O)O)[C@H](NC(=O)C[C@@H](CCCCCCCCCCCCCCC)OC(=O)C(O)CCCCCCCCCCCCCCCCCCCCCC)[C@@H](O)[C@@H]2O)O[C@H](CO)[C@@H](OP(=O)(O)O)[C@@H]1O. The maximum Gasteiger partial charge on any atom is 0.472 e. The number of hydrogen-bond acceptors (Lipinski definition) is 19. The number of phosphoric ester groups is 2. The van der Waals surface area contributed by atoms with Gasteiger partial charge in [-0.2, -0.15) is 0 Å². The van der Waals surface area contributed by atoms with Crippen LogP contribution >= 0.6 is 15.6 Å². The van der Waals surface area contributed by atoms with Gasteiger partial charge in [0.15, 0.2) is 24.8 Å². The minimum atomic E-state index is -5.56. The standard InChI is InChI=1S/C96H186N2O23P2/c1-5-9-13-17-21-25-29-33-35-37-39-41-43-45-49-53-57-61-65-69-73-81(100)93(107)116-79(71-67-63-59-55-51-47-31-27-23-19-15-11-7-3)75-85(102)97-87-90(105)89(104)84(119-96(87)121-123(112,113)114)78-115-95-88(91(106)92(83(77-99)118-95)120-122(109,110)111)98-86(103)76-80(72-68-64-60-56-52-48-32-28-24-20-16-12-8-4)117-94(108)82(101)74-70-66-62-58-54-50-46-44-42-40-38-36-34-30-26-22-18-14-10-6-2/h79-84,87-92,95-96,99-101,104-106H,5-78H2,1-4H3,(H,97,102)(H,98,103)(H2,109,110,111)(H2,112,113,114)/t79-,80-,81?,82?,83-,84-,87-,88-,89-,90-,91-,92-,95-,96-/m1/s1. The van der Waals surface area contributed by atoms with Gasteiger partial charge >= 0.3 is 27.6 Å². The van der Waals surface area contributed by atoms with Crippen LogP contribution in [0, 0.1) is 0 Å². The van der Waals surface area contributed by atoms with Gasteiger partial charge in [-0.05, 0) is 38.5 Å². The highest BCUT2D eigenvalue weighted by Crippen LogP contribution is 2.43. The van der Waals surface area contributed by atoms with Crippen LogP contribution < -0.4 is 10.6 Å². The summed E-state index contributed by atoms with van der Waals surface area (Å²) in [5, 5.41) is 73.1. The Bertz CT molecular complexity index is 2580. The lowest BCUT2D eigenvalue weighted by Crippen LogP contribution is -2.67. The summed E-state index contributed by atoms with van der Waals surface area (Å²) in [7, 11) is -11.0. The van der Waals surface area contributed by atoms with Crippen molar-refractivity contribution in [2.75, 3.05) is 13.2 Å². The molecule has 2 heterocycles. The molecule has 2 aliphatic heterocycles. The zero-order chi connectivity index (χ0) is 90.1. The van der Waals surface area contributed by atoms with Crippen LogP contribution in [0.15, 0.2) is 0 Å². The first-order valence-corrected chi connectivity index (χ1v) is 54.0. The first-order valence-electron chi connectivity index (χ1n) is 50.9. The summed E-state index contributed by atoms with van der Waals surface area (Å²) in [6.45, 7) is 6.97. The van der Waals surface area contributed by atoms with Gasteiger partial charge in [0.2, 0.25) is 11.8 Å². The van der Waals surface area contributed by atoms with Gasteiger partial charge in [-0.25, -0.2) is 18.7 Å². The fraction of sp³-hybridized carbons (Fsp3) is 0.958. The van der Waals surface area contributed by atoms with Gasteiger partial charge in [0.05, 0.1) is 26.1 Å². The molecular weight excluding hydrogens is 1610 g/mol. The molecule has 728 valence electrons. The Morgan fingerprint density at radius 2 is 0.553 bits per heavy atom.